The molecule has 1 amide bonds. The minimum absolute atomic E-state index is 0.0977. The molecule has 0 radical (unpaired) electrons. The minimum atomic E-state index is -4.45. The number of nitrogens with one attached hydrogen (secondary N) is 1. The third-order valence-corrected chi connectivity index (χ3v) is 4.71. The molecule has 0 bridgehead atoms. The lowest BCUT2D eigenvalue weighted by atomic mass is 10.1. The molecule has 1 saturated heterocycles. The van der Waals surface area contributed by atoms with Gasteiger partial charge in [-0.05, 0) is 30.2 Å². The molecule has 1 atom stereocenters. The fourth-order valence-corrected chi connectivity index (χ4v) is 3.31. The van der Waals surface area contributed by atoms with E-state index < -0.39 is 11.7 Å². The second-order valence-electron chi connectivity index (χ2n) is 6.99. The van der Waals surface area contributed by atoms with Crippen LogP contribution >= 0.6 is 0 Å². The summed E-state index contributed by atoms with van der Waals surface area (Å²) in [7, 11) is 0. The maximum atomic E-state index is 13.0. The zero-order chi connectivity index (χ0) is 20.1. The van der Waals surface area contributed by atoms with E-state index in [1.165, 1.54) is 24.6 Å². The number of benzene rings is 2. The number of rotatable bonds is 5. The Hall–Kier alpha value is -2.38. The lowest BCUT2D eigenvalue weighted by molar-refractivity contribution is -0.138. The number of anilines is 1. The van der Waals surface area contributed by atoms with Gasteiger partial charge in [0, 0.05) is 25.3 Å². The molecule has 0 aromatic heterocycles. The van der Waals surface area contributed by atoms with Gasteiger partial charge in [-0.1, -0.05) is 36.4 Å². The van der Waals surface area contributed by atoms with Crippen molar-refractivity contribution in [3.05, 3.63) is 65.2 Å². The van der Waals surface area contributed by atoms with Crippen molar-refractivity contribution < 1.29 is 22.7 Å². The van der Waals surface area contributed by atoms with Crippen molar-refractivity contribution in [2.45, 2.75) is 32.2 Å². The molecular weight excluding hydrogens is 369 g/mol. The fraction of sp³-hybridized carbons (Fsp3) is 0.381. The van der Waals surface area contributed by atoms with E-state index in [0.717, 1.165) is 19.2 Å². The van der Waals surface area contributed by atoms with Crippen molar-refractivity contribution in [2.24, 2.45) is 0 Å². The molecule has 7 heteroatoms. The van der Waals surface area contributed by atoms with Crippen molar-refractivity contribution in [3.63, 3.8) is 0 Å². The third-order valence-electron chi connectivity index (χ3n) is 4.71. The van der Waals surface area contributed by atoms with E-state index in [9.17, 15) is 18.0 Å². The Morgan fingerprint density at radius 2 is 1.96 bits per heavy atom. The number of ether oxygens (including phenoxy) is 1. The molecule has 2 aromatic carbocycles. The lowest BCUT2D eigenvalue weighted by Gasteiger charge is -2.32. The van der Waals surface area contributed by atoms with Crippen LogP contribution in [0, 0.1) is 6.92 Å². The maximum absolute atomic E-state index is 13.0. The largest absolute Gasteiger partial charge is 0.416 e. The van der Waals surface area contributed by atoms with Gasteiger partial charge in [0.25, 0.3) is 0 Å². The van der Waals surface area contributed by atoms with E-state index in [0.29, 0.717) is 13.2 Å². The molecule has 1 heterocycles. The van der Waals surface area contributed by atoms with Crippen molar-refractivity contribution >= 4 is 11.6 Å². The quantitative estimate of drug-likeness (QED) is 0.828. The molecule has 0 saturated carbocycles. The smallest absolute Gasteiger partial charge is 0.375 e. The first-order chi connectivity index (χ1) is 13.3. The highest BCUT2D eigenvalue weighted by Crippen LogP contribution is 2.33. The monoisotopic (exact) mass is 392 g/mol. The van der Waals surface area contributed by atoms with Crippen LogP contribution in [-0.4, -0.2) is 36.6 Å². The van der Waals surface area contributed by atoms with Crippen molar-refractivity contribution in [1.29, 1.82) is 0 Å². The van der Waals surface area contributed by atoms with Gasteiger partial charge in [-0.2, -0.15) is 13.2 Å². The van der Waals surface area contributed by atoms with E-state index in [1.807, 2.05) is 30.3 Å². The van der Waals surface area contributed by atoms with E-state index in [1.54, 1.807) is 0 Å². The molecule has 0 aliphatic carbocycles. The van der Waals surface area contributed by atoms with Gasteiger partial charge < -0.3 is 10.1 Å². The van der Waals surface area contributed by atoms with Crippen LogP contribution in [0.1, 0.15) is 23.1 Å². The van der Waals surface area contributed by atoms with E-state index >= 15 is 0 Å². The first-order valence-corrected chi connectivity index (χ1v) is 9.17. The number of nitrogens with zero attached hydrogens (tertiary/aromatic N) is 1. The molecule has 2 aromatic rings. The van der Waals surface area contributed by atoms with Crippen molar-refractivity contribution in [1.82, 2.24) is 4.90 Å². The number of morpholine rings is 1. The summed E-state index contributed by atoms with van der Waals surface area (Å²) >= 11 is 0. The maximum Gasteiger partial charge on any atom is 0.416 e. The van der Waals surface area contributed by atoms with Gasteiger partial charge in [0.1, 0.15) is 0 Å². The average Bonchev–Trinajstić information content (AvgIpc) is 2.63. The SMILES string of the molecule is Cc1ccc(NC(=O)CC2CN(Cc3ccccc3)CCO2)cc1C(F)(F)F. The summed E-state index contributed by atoms with van der Waals surface area (Å²) < 4.78 is 44.7. The predicted octanol–water partition coefficient (Wildman–Crippen LogP) is 4.24. The lowest BCUT2D eigenvalue weighted by Crippen LogP contribution is -2.43. The van der Waals surface area contributed by atoms with Crippen LogP contribution in [-0.2, 0) is 22.3 Å². The number of hydrogen-bond donors (Lipinski definition) is 1. The Kier molecular flexibility index (Phi) is 6.36. The predicted molar refractivity (Wildman–Crippen MR) is 101 cm³/mol. The van der Waals surface area contributed by atoms with Gasteiger partial charge in [-0.3, -0.25) is 9.69 Å². The zero-order valence-electron chi connectivity index (χ0n) is 15.6. The van der Waals surface area contributed by atoms with Crippen LogP contribution in [0.2, 0.25) is 0 Å². The summed E-state index contributed by atoms with van der Waals surface area (Å²) in [5, 5.41) is 2.56. The second-order valence-corrected chi connectivity index (χ2v) is 6.99. The van der Waals surface area contributed by atoms with Gasteiger partial charge in [0.2, 0.25) is 5.91 Å². The first kappa shape index (κ1) is 20.4. The van der Waals surface area contributed by atoms with Crippen LogP contribution in [0.3, 0.4) is 0 Å². The number of carbonyl (C=O) groups is 1. The molecule has 1 N–H and O–H groups in total. The Labute approximate surface area is 162 Å². The van der Waals surface area contributed by atoms with Gasteiger partial charge in [-0.25, -0.2) is 0 Å². The van der Waals surface area contributed by atoms with E-state index in [-0.39, 0.29) is 29.7 Å². The van der Waals surface area contributed by atoms with Crippen LogP contribution < -0.4 is 5.32 Å². The Bertz CT molecular complexity index is 809. The van der Waals surface area contributed by atoms with Crippen molar-refractivity contribution in [2.75, 3.05) is 25.0 Å². The summed E-state index contributed by atoms with van der Waals surface area (Å²) in [6, 6.07) is 13.8. The number of hydrogen-bond acceptors (Lipinski definition) is 3. The highest BCUT2D eigenvalue weighted by molar-refractivity contribution is 5.91. The standard InChI is InChI=1S/C21H23F3N2O2/c1-15-7-8-17(11-19(15)21(22,23)24)25-20(27)12-18-14-26(9-10-28-18)13-16-5-3-2-4-6-16/h2-8,11,18H,9-10,12-14H2,1H3,(H,25,27). The Morgan fingerprint density at radius 3 is 2.68 bits per heavy atom. The first-order valence-electron chi connectivity index (χ1n) is 9.17. The molecule has 1 unspecified atom stereocenters. The van der Waals surface area contributed by atoms with E-state index in [4.69, 9.17) is 4.74 Å². The van der Waals surface area contributed by atoms with Crippen LogP contribution in [0.5, 0.6) is 0 Å². The highest BCUT2D eigenvalue weighted by Gasteiger charge is 2.32. The summed E-state index contributed by atoms with van der Waals surface area (Å²) in [5.74, 6) is -0.358. The number of carbonyl (C=O) groups excluding carboxylic acids is 1. The number of amides is 1. The molecule has 28 heavy (non-hydrogen) atoms. The zero-order valence-corrected chi connectivity index (χ0v) is 15.6. The topological polar surface area (TPSA) is 41.6 Å². The molecule has 1 fully saturated rings. The Morgan fingerprint density at radius 1 is 1.21 bits per heavy atom. The summed E-state index contributed by atoms with van der Waals surface area (Å²) in [5.41, 5.74) is 0.706. The third kappa shape index (κ3) is 5.56. The Balaban J connectivity index is 1.56. The summed E-state index contributed by atoms with van der Waals surface area (Å²) in [6.07, 6.45) is -4.64. The van der Waals surface area contributed by atoms with E-state index in [2.05, 4.69) is 10.2 Å². The normalized spacial score (nSPS) is 18.1. The molecule has 3 rings (SSSR count). The van der Waals surface area contributed by atoms with Gasteiger partial charge in [-0.15, -0.1) is 0 Å². The molecule has 150 valence electrons. The fourth-order valence-electron chi connectivity index (χ4n) is 3.31. The van der Waals surface area contributed by atoms with Gasteiger partial charge >= 0.3 is 6.18 Å². The van der Waals surface area contributed by atoms with Crippen molar-refractivity contribution in [3.8, 4) is 0 Å². The summed E-state index contributed by atoms with van der Waals surface area (Å²) in [6.45, 7) is 4.07. The number of alkyl halides is 3. The molecule has 1 aliphatic heterocycles. The van der Waals surface area contributed by atoms with Gasteiger partial charge in [0.15, 0.2) is 0 Å². The molecule has 0 spiro atoms. The molecule has 1 aliphatic rings. The minimum Gasteiger partial charge on any atom is -0.375 e. The second kappa shape index (κ2) is 8.75. The van der Waals surface area contributed by atoms with Gasteiger partial charge in [0.05, 0.1) is 24.7 Å². The van der Waals surface area contributed by atoms with Crippen LogP contribution in [0.4, 0.5) is 18.9 Å². The van der Waals surface area contributed by atoms with Crippen LogP contribution in [0.25, 0.3) is 0 Å². The number of halogens is 3. The van der Waals surface area contributed by atoms with Crippen LogP contribution in [0.15, 0.2) is 48.5 Å². The average molecular weight is 392 g/mol. The molecule has 4 nitrogen and oxygen atoms in total. The summed E-state index contributed by atoms with van der Waals surface area (Å²) in [4.78, 5) is 14.5. The number of aryl methyl sites for hydroxylation is 1. The molecular formula is C21H23F3N2O2. The highest BCUT2D eigenvalue weighted by atomic mass is 19.4.